The third kappa shape index (κ3) is 4.86. The number of carbonyl (C=O) groups is 1. The van der Waals surface area contributed by atoms with Crippen molar-refractivity contribution in [3.8, 4) is 0 Å². The molecule has 0 radical (unpaired) electrons. The van der Waals surface area contributed by atoms with E-state index in [0.717, 1.165) is 30.5 Å². The second-order valence-corrected chi connectivity index (χ2v) is 10.2. The molecule has 2 aromatic carbocycles. The molecule has 3 aromatic rings. The molecule has 33 heavy (non-hydrogen) atoms. The van der Waals surface area contributed by atoms with Gasteiger partial charge in [-0.25, -0.2) is 8.42 Å². The summed E-state index contributed by atoms with van der Waals surface area (Å²) in [5.74, 6) is -0.278. The third-order valence-electron chi connectivity index (χ3n) is 6.18. The maximum absolute atomic E-state index is 13.1. The second kappa shape index (κ2) is 9.89. The van der Waals surface area contributed by atoms with E-state index in [2.05, 4.69) is 22.5 Å². The standard InChI is InChI=1S/C25H30N4O3S/c1-3-28(4-2)33(31,32)21-13-8-12-20(16-21)25(30)27-23-14-9-15-24-22(23)17-26-29(24)18-19-10-6-5-7-11-19/h5-8,10-13,16-17,23H,3-4,9,14-15,18H2,1-2H3,(H,27,30). The molecule has 4 rings (SSSR count). The first kappa shape index (κ1) is 23.2. The number of hydrogen-bond acceptors (Lipinski definition) is 4. The van der Waals surface area contributed by atoms with Crippen LogP contribution in [0.15, 0.2) is 65.7 Å². The first-order chi connectivity index (χ1) is 15.9. The highest BCUT2D eigenvalue weighted by Gasteiger charge is 2.27. The van der Waals surface area contributed by atoms with Crippen LogP contribution in [0.1, 0.15) is 59.9 Å². The zero-order valence-electron chi connectivity index (χ0n) is 19.1. The van der Waals surface area contributed by atoms with Crippen LogP contribution in [0.25, 0.3) is 0 Å². The normalized spacial score (nSPS) is 15.9. The minimum absolute atomic E-state index is 0.138. The van der Waals surface area contributed by atoms with Gasteiger partial charge in [0, 0.05) is 29.9 Å². The first-order valence-electron chi connectivity index (χ1n) is 11.4. The molecular formula is C25H30N4O3S. The Hall–Kier alpha value is -2.97. The number of sulfonamides is 1. The van der Waals surface area contributed by atoms with E-state index < -0.39 is 10.0 Å². The minimum atomic E-state index is -3.63. The third-order valence-corrected chi connectivity index (χ3v) is 8.23. The molecule has 8 heteroatoms. The van der Waals surface area contributed by atoms with Crippen molar-refractivity contribution in [3.05, 3.63) is 83.2 Å². The zero-order valence-corrected chi connectivity index (χ0v) is 19.9. The van der Waals surface area contributed by atoms with E-state index in [0.29, 0.717) is 25.2 Å². The van der Waals surface area contributed by atoms with E-state index >= 15 is 0 Å². The van der Waals surface area contributed by atoms with Crippen molar-refractivity contribution in [1.29, 1.82) is 0 Å². The van der Waals surface area contributed by atoms with E-state index in [1.165, 1.54) is 22.0 Å². The van der Waals surface area contributed by atoms with Gasteiger partial charge in [0.1, 0.15) is 0 Å². The predicted molar refractivity (Wildman–Crippen MR) is 127 cm³/mol. The summed E-state index contributed by atoms with van der Waals surface area (Å²) >= 11 is 0. The average molecular weight is 467 g/mol. The van der Waals surface area contributed by atoms with Crippen LogP contribution in [0, 0.1) is 0 Å². The number of amides is 1. The smallest absolute Gasteiger partial charge is 0.251 e. The fraction of sp³-hybridized carbons (Fsp3) is 0.360. The molecule has 0 fully saturated rings. The van der Waals surface area contributed by atoms with Gasteiger partial charge in [0.2, 0.25) is 10.0 Å². The SMILES string of the molecule is CCN(CC)S(=O)(=O)c1cccc(C(=O)NC2CCCc3c2cnn3Cc2ccccc2)c1. The molecule has 174 valence electrons. The number of benzene rings is 2. The van der Waals surface area contributed by atoms with Crippen molar-refractivity contribution in [1.82, 2.24) is 19.4 Å². The molecular weight excluding hydrogens is 436 g/mol. The van der Waals surface area contributed by atoms with E-state index in [-0.39, 0.29) is 16.8 Å². The molecule has 0 saturated carbocycles. The summed E-state index contributed by atoms with van der Waals surface area (Å²) in [6.07, 6.45) is 4.55. The maximum atomic E-state index is 13.1. The molecule has 0 saturated heterocycles. The lowest BCUT2D eigenvalue weighted by molar-refractivity contribution is 0.0932. The molecule has 1 aromatic heterocycles. The summed E-state index contributed by atoms with van der Waals surface area (Å²) in [6.45, 7) is 5.06. The van der Waals surface area contributed by atoms with Gasteiger partial charge in [0.15, 0.2) is 0 Å². The van der Waals surface area contributed by atoms with Crippen molar-refractivity contribution < 1.29 is 13.2 Å². The molecule has 1 aliphatic carbocycles. The summed E-state index contributed by atoms with van der Waals surface area (Å²) in [5, 5.41) is 7.69. The molecule has 0 bridgehead atoms. The highest BCUT2D eigenvalue weighted by molar-refractivity contribution is 7.89. The topological polar surface area (TPSA) is 84.3 Å². The van der Waals surface area contributed by atoms with Crippen LogP contribution in [-0.2, 0) is 23.0 Å². The van der Waals surface area contributed by atoms with Crippen molar-refractivity contribution in [2.24, 2.45) is 0 Å². The van der Waals surface area contributed by atoms with Crippen LogP contribution >= 0.6 is 0 Å². The van der Waals surface area contributed by atoms with Crippen LogP contribution in [0.4, 0.5) is 0 Å². The van der Waals surface area contributed by atoms with E-state index in [4.69, 9.17) is 0 Å². The first-order valence-corrected chi connectivity index (χ1v) is 12.9. The average Bonchev–Trinajstić information content (AvgIpc) is 3.24. The Balaban J connectivity index is 1.53. The molecule has 1 N–H and O–H groups in total. The number of aromatic nitrogens is 2. The van der Waals surface area contributed by atoms with Crippen molar-refractivity contribution in [2.75, 3.05) is 13.1 Å². The fourth-order valence-corrected chi connectivity index (χ4v) is 5.92. The molecule has 1 amide bonds. The van der Waals surface area contributed by atoms with E-state index in [1.54, 1.807) is 26.0 Å². The van der Waals surface area contributed by atoms with Gasteiger partial charge in [-0.05, 0) is 43.0 Å². The number of nitrogens with zero attached hydrogens (tertiary/aromatic N) is 3. The van der Waals surface area contributed by atoms with Gasteiger partial charge in [-0.3, -0.25) is 9.48 Å². The summed E-state index contributed by atoms with van der Waals surface area (Å²) < 4.78 is 29.1. The Kier molecular flexibility index (Phi) is 6.95. The van der Waals surface area contributed by atoms with Crippen LogP contribution in [0.2, 0.25) is 0 Å². The van der Waals surface area contributed by atoms with Crippen molar-refractivity contribution in [2.45, 2.75) is 50.6 Å². The summed E-state index contributed by atoms with van der Waals surface area (Å²) in [4.78, 5) is 13.2. The zero-order chi connectivity index (χ0) is 23.4. The number of nitrogens with one attached hydrogen (secondary N) is 1. The lowest BCUT2D eigenvalue weighted by Crippen LogP contribution is -2.32. The molecule has 1 atom stereocenters. The summed E-state index contributed by atoms with van der Waals surface area (Å²) in [5.41, 5.74) is 3.71. The van der Waals surface area contributed by atoms with Crippen LogP contribution in [0.3, 0.4) is 0 Å². The molecule has 1 heterocycles. The second-order valence-electron chi connectivity index (χ2n) is 8.23. The Morgan fingerprint density at radius 3 is 2.61 bits per heavy atom. The van der Waals surface area contributed by atoms with Gasteiger partial charge in [0.25, 0.3) is 5.91 Å². The monoisotopic (exact) mass is 466 g/mol. The van der Waals surface area contributed by atoms with Crippen molar-refractivity contribution in [3.63, 3.8) is 0 Å². The van der Waals surface area contributed by atoms with Crippen molar-refractivity contribution >= 4 is 15.9 Å². The summed E-state index contributed by atoms with van der Waals surface area (Å²) in [7, 11) is -3.63. The molecule has 0 aliphatic heterocycles. The van der Waals surface area contributed by atoms with Gasteiger partial charge >= 0.3 is 0 Å². The van der Waals surface area contributed by atoms with Crippen LogP contribution < -0.4 is 5.32 Å². The Morgan fingerprint density at radius 2 is 1.88 bits per heavy atom. The number of fused-ring (bicyclic) bond motifs is 1. The Bertz CT molecular complexity index is 1220. The van der Waals surface area contributed by atoms with Gasteiger partial charge in [-0.1, -0.05) is 50.2 Å². The molecule has 1 unspecified atom stereocenters. The minimum Gasteiger partial charge on any atom is -0.345 e. The van der Waals surface area contributed by atoms with E-state index in [9.17, 15) is 13.2 Å². The predicted octanol–water partition coefficient (Wildman–Crippen LogP) is 3.77. The molecule has 0 spiro atoms. The fourth-order valence-electron chi connectivity index (χ4n) is 4.41. The molecule has 7 nitrogen and oxygen atoms in total. The van der Waals surface area contributed by atoms with Crippen LogP contribution in [-0.4, -0.2) is 41.5 Å². The lowest BCUT2D eigenvalue weighted by Gasteiger charge is -2.24. The van der Waals surface area contributed by atoms with Crippen LogP contribution in [0.5, 0.6) is 0 Å². The highest BCUT2D eigenvalue weighted by Crippen LogP contribution is 2.30. The quantitative estimate of drug-likeness (QED) is 0.548. The lowest BCUT2D eigenvalue weighted by atomic mass is 9.92. The largest absolute Gasteiger partial charge is 0.345 e. The Morgan fingerprint density at radius 1 is 1.12 bits per heavy atom. The number of carbonyl (C=O) groups excluding carboxylic acids is 1. The molecule has 1 aliphatic rings. The van der Waals surface area contributed by atoms with Gasteiger partial charge in [0.05, 0.1) is 23.7 Å². The number of rotatable bonds is 8. The van der Waals surface area contributed by atoms with E-state index in [1.807, 2.05) is 29.1 Å². The van der Waals surface area contributed by atoms with Gasteiger partial charge in [-0.15, -0.1) is 0 Å². The van der Waals surface area contributed by atoms with Gasteiger partial charge < -0.3 is 5.32 Å². The Labute approximate surface area is 195 Å². The summed E-state index contributed by atoms with van der Waals surface area (Å²) in [6, 6.07) is 16.3. The number of hydrogen-bond donors (Lipinski definition) is 1. The van der Waals surface area contributed by atoms with Gasteiger partial charge in [-0.2, -0.15) is 9.40 Å². The maximum Gasteiger partial charge on any atom is 0.251 e. The highest BCUT2D eigenvalue weighted by atomic mass is 32.2.